The van der Waals surface area contributed by atoms with Crippen LogP contribution in [0.25, 0.3) is 22.0 Å². The van der Waals surface area contributed by atoms with Gasteiger partial charge in [0.15, 0.2) is 5.82 Å². The standard InChI is InChI=1S/C21H19N5OS/c1-2-26-14-22-25-20(26)16-9-6-10-17(11-16)23-19(27)12-18-13-28-21(24-18)15-7-4-3-5-8-15/h3-11,13-14H,2,12H2,1H3,(H,23,27). The molecule has 0 aliphatic carbocycles. The monoisotopic (exact) mass is 389 g/mol. The molecule has 0 spiro atoms. The molecule has 2 heterocycles. The van der Waals surface area contributed by atoms with Gasteiger partial charge in [-0.05, 0) is 19.1 Å². The predicted molar refractivity (Wildman–Crippen MR) is 111 cm³/mol. The van der Waals surface area contributed by atoms with Crippen LogP contribution in [0.4, 0.5) is 5.69 Å². The van der Waals surface area contributed by atoms with Crippen molar-refractivity contribution in [3.8, 4) is 22.0 Å². The van der Waals surface area contributed by atoms with Crippen molar-refractivity contribution in [2.45, 2.75) is 19.9 Å². The molecule has 0 aliphatic rings. The number of benzene rings is 2. The van der Waals surface area contributed by atoms with Crippen LogP contribution in [0.5, 0.6) is 0 Å². The van der Waals surface area contributed by atoms with Gasteiger partial charge < -0.3 is 9.88 Å². The molecule has 6 nitrogen and oxygen atoms in total. The Balaban J connectivity index is 1.45. The van der Waals surface area contributed by atoms with Crippen molar-refractivity contribution in [3.05, 3.63) is 72.0 Å². The van der Waals surface area contributed by atoms with E-state index in [1.807, 2.05) is 71.5 Å². The lowest BCUT2D eigenvalue weighted by Gasteiger charge is -2.07. The Bertz CT molecular complexity index is 1090. The van der Waals surface area contributed by atoms with Gasteiger partial charge in [-0.1, -0.05) is 42.5 Å². The first-order chi connectivity index (χ1) is 13.7. The molecule has 0 saturated heterocycles. The molecule has 0 radical (unpaired) electrons. The number of aryl methyl sites for hydroxylation is 1. The maximum absolute atomic E-state index is 12.5. The number of thiazole rings is 1. The van der Waals surface area contributed by atoms with Gasteiger partial charge in [-0.15, -0.1) is 21.5 Å². The number of nitrogens with zero attached hydrogens (tertiary/aromatic N) is 4. The van der Waals surface area contributed by atoms with Crippen LogP contribution in [0.1, 0.15) is 12.6 Å². The van der Waals surface area contributed by atoms with E-state index in [-0.39, 0.29) is 12.3 Å². The molecule has 4 rings (SSSR count). The fourth-order valence-electron chi connectivity index (χ4n) is 2.92. The lowest BCUT2D eigenvalue weighted by atomic mass is 10.2. The molecule has 0 atom stereocenters. The molecule has 0 fully saturated rings. The third-order valence-corrected chi connectivity index (χ3v) is 5.22. The van der Waals surface area contributed by atoms with Gasteiger partial charge in [-0.3, -0.25) is 4.79 Å². The summed E-state index contributed by atoms with van der Waals surface area (Å²) in [7, 11) is 0. The molecular weight excluding hydrogens is 370 g/mol. The first-order valence-electron chi connectivity index (χ1n) is 9.01. The molecule has 0 saturated carbocycles. The summed E-state index contributed by atoms with van der Waals surface area (Å²) in [5.41, 5.74) is 3.47. The minimum Gasteiger partial charge on any atom is -0.326 e. The highest BCUT2D eigenvalue weighted by atomic mass is 32.1. The summed E-state index contributed by atoms with van der Waals surface area (Å²) in [4.78, 5) is 17.0. The maximum atomic E-state index is 12.5. The highest BCUT2D eigenvalue weighted by molar-refractivity contribution is 7.13. The largest absolute Gasteiger partial charge is 0.326 e. The van der Waals surface area contributed by atoms with E-state index in [0.29, 0.717) is 0 Å². The molecule has 140 valence electrons. The number of amides is 1. The SMILES string of the molecule is CCn1cnnc1-c1cccc(NC(=O)Cc2csc(-c3ccccc3)n2)c1. The van der Waals surface area contributed by atoms with E-state index < -0.39 is 0 Å². The van der Waals surface area contributed by atoms with Gasteiger partial charge in [0.2, 0.25) is 5.91 Å². The summed E-state index contributed by atoms with van der Waals surface area (Å²) in [5, 5.41) is 13.9. The maximum Gasteiger partial charge on any atom is 0.230 e. The van der Waals surface area contributed by atoms with Gasteiger partial charge in [-0.25, -0.2) is 4.98 Å². The molecule has 2 aromatic heterocycles. The van der Waals surface area contributed by atoms with Crippen molar-refractivity contribution < 1.29 is 4.79 Å². The second kappa shape index (κ2) is 8.14. The molecule has 4 aromatic rings. The number of hydrogen-bond donors (Lipinski definition) is 1. The molecule has 7 heteroatoms. The van der Waals surface area contributed by atoms with Crippen LogP contribution in [-0.2, 0) is 17.8 Å². The summed E-state index contributed by atoms with van der Waals surface area (Å²) >= 11 is 1.55. The Labute approximate surface area is 166 Å². The Morgan fingerprint density at radius 3 is 2.75 bits per heavy atom. The summed E-state index contributed by atoms with van der Waals surface area (Å²) in [5.74, 6) is 0.685. The molecular formula is C21H19N5OS. The van der Waals surface area contributed by atoms with Crippen molar-refractivity contribution in [2.75, 3.05) is 5.32 Å². The Morgan fingerprint density at radius 1 is 1.11 bits per heavy atom. The number of anilines is 1. The first kappa shape index (κ1) is 18.1. The molecule has 1 N–H and O–H groups in total. The van der Waals surface area contributed by atoms with Crippen LogP contribution < -0.4 is 5.32 Å². The Morgan fingerprint density at radius 2 is 1.93 bits per heavy atom. The molecule has 0 unspecified atom stereocenters. The van der Waals surface area contributed by atoms with Crippen molar-refractivity contribution >= 4 is 22.9 Å². The van der Waals surface area contributed by atoms with Crippen molar-refractivity contribution in [3.63, 3.8) is 0 Å². The van der Waals surface area contributed by atoms with Crippen LogP contribution >= 0.6 is 11.3 Å². The summed E-state index contributed by atoms with van der Waals surface area (Å²) in [6.07, 6.45) is 1.94. The minimum atomic E-state index is -0.0981. The van der Waals surface area contributed by atoms with Crippen LogP contribution in [0.2, 0.25) is 0 Å². The fourth-order valence-corrected chi connectivity index (χ4v) is 3.74. The minimum absolute atomic E-state index is 0.0981. The average Bonchev–Trinajstić information content (AvgIpc) is 3.38. The number of rotatable bonds is 6. The normalized spacial score (nSPS) is 10.8. The molecule has 28 heavy (non-hydrogen) atoms. The second-order valence-corrected chi connectivity index (χ2v) is 7.11. The van der Waals surface area contributed by atoms with Gasteiger partial charge in [-0.2, -0.15) is 0 Å². The van der Waals surface area contributed by atoms with Gasteiger partial charge in [0.1, 0.15) is 11.3 Å². The molecule has 1 amide bonds. The topological polar surface area (TPSA) is 72.7 Å². The number of nitrogens with one attached hydrogen (secondary N) is 1. The summed E-state index contributed by atoms with van der Waals surface area (Å²) < 4.78 is 1.96. The first-order valence-corrected chi connectivity index (χ1v) is 9.89. The second-order valence-electron chi connectivity index (χ2n) is 6.26. The fraction of sp³-hybridized carbons (Fsp3) is 0.143. The lowest BCUT2D eigenvalue weighted by molar-refractivity contribution is -0.115. The number of aromatic nitrogens is 4. The van der Waals surface area contributed by atoms with E-state index in [0.717, 1.165) is 39.9 Å². The van der Waals surface area contributed by atoms with Crippen LogP contribution in [0, 0.1) is 0 Å². The van der Waals surface area contributed by atoms with E-state index in [2.05, 4.69) is 20.5 Å². The van der Waals surface area contributed by atoms with E-state index in [9.17, 15) is 4.79 Å². The number of carbonyl (C=O) groups excluding carboxylic acids is 1. The quantitative estimate of drug-likeness (QED) is 0.534. The third-order valence-electron chi connectivity index (χ3n) is 4.27. The van der Waals surface area contributed by atoms with Crippen molar-refractivity contribution in [1.82, 2.24) is 19.7 Å². The van der Waals surface area contributed by atoms with Crippen molar-refractivity contribution in [1.29, 1.82) is 0 Å². The van der Waals surface area contributed by atoms with Crippen LogP contribution in [-0.4, -0.2) is 25.7 Å². The zero-order chi connectivity index (χ0) is 19.3. The predicted octanol–water partition coefficient (Wildman–Crippen LogP) is 4.27. The van der Waals surface area contributed by atoms with Gasteiger partial charge in [0.25, 0.3) is 0 Å². The van der Waals surface area contributed by atoms with E-state index in [1.165, 1.54) is 0 Å². The average molecular weight is 389 g/mol. The van der Waals surface area contributed by atoms with E-state index in [1.54, 1.807) is 17.7 Å². The smallest absolute Gasteiger partial charge is 0.230 e. The zero-order valence-corrected chi connectivity index (χ0v) is 16.2. The van der Waals surface area contributed by atoms with E-state index >= 15 is 0 Å². The highest BCUT2D eigenvalue weighted by Gasteiger charge is 2.11. The van der Waals surface area contributed by atoms with Gasteiger partial charge in [0, 0.05) is 28.7 Å². The molecule has 0 aliphatic heterocycles. The number of hydrogen-bond acceptors (Lipinski definition) is 5. The van der Waals surface area contributed by atoms with Crippen LogP contribution in [0.15, 0.2) is 66.3 Å². The highest BCUT2D eigenvalue weighted by Crippen LogP contribution is 2.24. The Kier molecular flexibility index (Phi) is 5.25. The van der Waals surface area contributed by atoms with Crippen LogP contribution in [0.3, 0.4) is 0 Å². The van der Waals surface area contributed by atoms with Gasteiger partial charge >= 0.3 is 0 Å². The molecule has 2 aromatic carbocycles. The zero-order valence-electron chi connectivity index (χ0n) is 15.4. The van der Waals surface area contributed by atoms with E-state index in [4.69, 9.17) is 0 Å². The summed E-state index contributed by atoms with van der Waals surface area (Å²) in [6, 6.07) is 17.6. The van der Waals surface area contributed by atoms with Gasteiger partial charge in [0.05, 0.1) is 12.1 Å². The number of carbonyl (C=O) groups is 1. The summed E-state index contributed by atoms with van der Waals surface area (Å²) in [6.45, 7) is 2.82. The Hall–Kier alpha value is -3.32. The third kappa shape index (κ3) is 3.99. The lowest BCUT2D eigenvalue weighted by Crippen LogP contribution is -2.14. The van der Waals surface area contributed by atoms with Crippen molar-refractivity contribution in [2.24, 2.45) is 0 Å². The molecule has 0 bridgehead atoms.